The molecule has 1 aliphatic rings. The number of benzene rings is 2. The first kappa shape index (κ1) is 16.5. The molecule has 5 rings (SSSR count). The van der Waals surface area contributed by atoms with Gasteiger partial charge in [0.15, 0.2) is 11.6 Å². The highest BCUT2D eigenvalue weighted by Gasteiger charge is 2.21. The third kappa shape index (κ3) is 2.89. The second-order valence-corrected chi connectivity index (χ2v) is 6.79. The average molecular weight is 369 g/mol. The Morgan fingerprint density at radius 2 is 1.75 bits per heavy atom. The van der Waals surface area contributed by atoms with E-state index in [2.05, 4.69) is 44.1 Å². The van der Waals surface area contributed by atoms with Crippen molar-refractivity contribution in [1.29, 1.82) is 0 Å². The van der Waals surface area contributed by atoms with E-state index in [1.807, 2.05) is 30.3 Å². The molecule has 0 aliphatic carbocycles. The molecule has 0 spiro atoms. The molecule has 0 unspecified atom stereocenters. The highest BCUT2D eigenvalue weighted by atomic mass is 16.5. The summed E-state index contributed by atoms with van der Waals surface area (Å²) >= 11 is 0. The van der Waals surface area contributed by atoms with E-state index >= 15 is 0 Å². The van der Waals surface area contributed by atoms with E-state index in [1.165, 1.54) is 17.5 Å². The largest absolute Gasteiger partial charge is 0.435 e. The molecule has 2 aromatic heterocycles. The number of para-hydroxylation sites is 1. The number of rotatable bonds is 3. The third-order valence-electron chi connectivity index (χ3n) is 5.06. The zero-order chi connectivity index (χ0) is 18.9. The Morgan fingerprint density at radius 3 is 2.68 bits per heavy atom. The highest BCUT2D eigenvalue weighted by Crippen LogP contribution is 2.35. The molecule has 6 heteroatoms. The van der Waals surface area contributed by atoms with Crippen LogP contribution >= 0.6 is 0 Å². The molecule has 138 valence electrons. The minimum Gasteiger partial charge on any atom is -0.435 e. The first-order valence-electron chi connectivity index (χ1n) is 9.23. The molecule has 3 heterocycles. The van der Waals surface area contributed by atoms with E-state index in [0.29, 0.717) is 23.1 Å². The van der Waals surface area contributed by atoms with Crippen LogP contribution in [-0.2, 0) is 13.0 Å². The Labute approximate surface area is 162 Å². The van der Waals surface area contributed by atoms with Gasteiger partial charge < -0.3 is 15.4 Å². The molecule has 0 saturated heterocycles. The minimum atomic E-state index is 0.349. The fourth-order valence-electron chi connectivity index (χ4n) is 3.64. The summed E-state index contributed by atoms with van der Waals surface area (Å²) in [5.41, 5.74) is 10.3. The third-order valence-corrected chi connectivity index (χ3v) is 5.06. The number of fused-ring (bicyclic) bond motifs is 2. The highest BCUT2D eigenvalue weighted by molar-refractivity contribution is 5.84. The number of pyridine rings is 1. The topological polar surface area (TPSA) is 77.2 Å². The fraction of sp³-hybridized carbons (Fsp3) is 0.136. The van der Waals surface area contributed by atoms with Crippen LogP contribution in [0.25, 0.3) is 10.9 Å². The van der Waals surface area contributed by atoms with Gasteiger partial charge >= 0.3 is 0 Å². The maximum atomic E-state index is 6.41. The summed E-state index contributed by atoms with van der Waals surface area (Å²) < 4.78 is 6.06. The van der Waals surface area contributed by atoms with Gasteiger partial charge in [-0.25, -0.2) is 4.98 Å². The fourth-order valence-corrected chi connectivity index (χ4v) is 3.64. The molecule has 0 fully saturated rings. The molecule has 1 aliphatic heterocycles. The van der Waals surface area contributed by atoms with Gasteiger partial charge in [0.05, 0.1) is 0 Å². The zero-order valence-corrected chi connectivity index (χ0v) is 15.2. The number of aromatic nitrogens is 3. The molecule has 0 bridgehead atoms. The Bertz CT molecular complexity index is 1160. The maximum Gasteiger partial charge on any atom is 0.248 e. The Balaban J connectivity index is 1.48. The smallest absolute Gasteiger partial charge is 0.248 e. The van der Waals surface area contributed by atoms with Crippen molar-refractivity contribution in [3.8, 4) is 11.6 Å². The van der Waals surface area contributed by atoms with Crippen LogP contribution in [0.1, 0.15) is 11.1 Å². The van der Waals surface area contributed by atoms with Crippen molar-refractivity contribution in [3.63, 3.8) is 0 Å². The van der Waals surface area contributed by atoms with Crippen molar-refractivity contribution in [3.05, 3.63) is 78.2 Å². The number of hydrogen-bond acceptors (Lipinski definition) is 6. The number of nitrogen functional groups attached to an aromatic ring is 1. The number of ether oxygens (including phenoxy) is 1. The summed E-state index contributed by atoms with van der Waals surface area (Å²) in [6, 6.07) is 18.2. The van der Waals surface area contributed by atoms with Crippen molar-refractivity contribution >= 4 is 22.4 Å². The average Bonchev–Trinajstić information content (AvgIpc) is 2.75. The Kier molecular flexibility index (Phi) is 4.01. The number of hydrogen-bond donors (Lipinski definition) is 1. The van der Waals surface area contributed by atoms with Crippen molar-refractivity contribution in [1.82, 2.24) is 15.0 Å². The Hall–Kier alpha value is -3.67. The molecule has 2 N–H and O–H groups in total. The normalized spacial score (nSPS) is 13.4. The molecule has 0 saturated carbocycles. The van der Waals surface area contributed by atoms with Crippen LogP contribution < -0.4 is 15.4 Å². The molecule has 4 aromatic rings. The van der Waals surface area contributed by atoms with Gasteiger partial charge in [0, 0.05) is 24.7 Å². The quantitative estimate of drug-likeness (QED) is 0.589. The first-order valence-corrected chi connectivity index (χ1v) is 9.23. The van der Waals surface area contributed by atoms with E-state index < -0.39 is 0 Å². The summed E-state index contributed by atoms with van der Waals surface area (Å²) in [7, 11) is 0. The van der Waals surface area contributed by atoms with E-state index in [4.69, 9.17) is 10.5 Å². The van der Waals surface area contributed by atoms with E-state index in [1.54, 1.807) is 6.20 Å². The SMILES string of the molecule is Nc1c(Oc2cccc3cccnc23)ncnc1N1CCc2ccccc2C1. The summed E-state index contributed by atoms with van der Waals surface area (Å²) in [5, 5.41) is 1.00. The lowest BCUT2D eigenvalue weighted by Gasteiger charge is -2.30. The summed E-state index contributed by atoms with van der Waals surface area (Å²) in [6.07, 6.45) is 4.21. The van der Waals surface area contributed by atoms with E-state index in [-0.39, 0.29) is 0 Å². The number of nitrogens with zero attached hydrogens (tertiary/aromatic N) is 4. The van der Waals surface area contributed by atoms with Crippen LogP contribution in [0.5, 0.6) is 11.6 Å². The van der Waals surface area contributed by atoms with Crippen LogP contribution in [-0.4, -0.2) is 21.5 Å². The van der Waals surface area contributed by atoms with Crippen molar-refractivity contribution in [2.45, 2.75) is 13.0 Å². The van der Waals surface area contributed by atoms with Gasteiger partial charge in [-0.05, 0) is 29.7 Å². The monoisotopic (exact) mass is 369 g/mol. The van der Waals surface area contributed by atoms with Crippen molar-refractivity contribution < 1.29 is 4.74 Å². The van der Waals surface area contributed by atoms with Crippen molar-refractivity contribution in [2.24, 2.45) is 0 Å². The van der Waals surface area contributed by atoms with Crippen molar-refractivity contribution in [2.75, 3.05) is 17.2 Å². The predicted octanol–water partition coefficient (Wildman–Crippen LogP) is 3.96. The minimum absolute atomic E-state index is 0.349. The van der Waals surface area contributed by atoms with Gasteiger partial charge in [-0.3, -0.25) is 4.98 Å². The lowest BCUT2D eigenvalue weighted by atomic mass is 10.00. The summed E-state index contributed by atoms with van der Waals surface area (Å²) in [4.78, 5) is 15.3. The van der Waals surface area contributed by atoms with Crippen LogP contribution in [0, 0.1) is 0 Å². The molecule has 0 radical (unpaired) electrons. The standard InChI is InChI=1S/C22H19N5O/c23-19-21(27-12-10-15-5-1-2-6-17(15)13-27)25-14-26-22(19)28-18-9-3-7-16-8-4-11-24-20(16)18/h1-9,11,14H,10,12-13,23H2. The van der Waals surface area contributed by atoms with Gasteiger partial charge in [0.2, 0.25) is 5.88 Å². The second kappa shape index (κ2) is 6.81. The zero-order valence-electron chi connectivity index (χ0n) is 15.2. The number of anilines is 2. The van der Waals surface area contributed by atoms with E-state index in [9.17, 15) is 0 Å². The Morgan fingerprint density at radius 1 is 0.893 bits per heavy atom. The van der Waals surface area contributed by atoms with Gasteiger partial charge in [0.25, 0.3) is 0 Å². The molecule has 6 nitrogen and oxygen atoms in total. The molecule has 2 aromatic carbocycles. The lowest BCUT2D eigenvalue weighted by molar-refractivity contribution is 0.468. The van der Waals surface area contributed by atoms with Crippen LogP contribution in [0.4, 0.5) is 11.5 Å². The second-order valence-electron chi connectivity index (χ2n) is 6.79. The summed E-state index contributed by atoms with van der Waals surface area (Å²) in [6.45, 7) is 1.63. The van der Waals surface area contributed by atoms with Crippen LogP contribution in [0.2, 0.25) is 0 Å². The lowest BCUT2D eigenvalue weighted by Crippen LogP contribution is -2.31. The molecular formula is C22H19N5O. The van der Waals surface area contributed by atoms with E-state index in [0.717, 1.165) is 30.4 Å². The predicted molar refractivity (Wildman–Crippen MR) is 109 cm³/mol. The van der Waals surface area contributed by atoms with Gasteiger partial charge in [-0.15, -0.1) is 0 Å². The molecule has 28 heavy (non-hydrogen) atoms. The van der Waals surface area contributed by atoms with Gasteiger partial charge in [0.1, 0.15) is 17.5 Å². The molecule has 0 amide bonds. The maximum absolute atomic E-state index is 6.41. The first-order chi connectivity index (χ1) is 13.8. The number of nitrogens with two attached hydrogens (primary N) is 1. The van der Waals surface area contributed by atoms with Gasteiger partial charge in [-0.2, -0.15) is 4.98 Å². The summed E-state index contributed by atoms with van der Waals surface area (Å²) in [5.74, 6) is 1.67. The molecular weight excluding hydrogens is 350 g/mol. The van der Waals surface area contributed by atoms with Crippen LogP contribution in [0.15, 0.2) is 67.1 Å². The van der Waals surface area contributed by atoms with Gasteiger partial charge in [-0.1, -0.05) is 42.5 Å². The van der Waals surface area contributed by atoms with Crippen LogP contribution in [0.3, 0.4) is 0 Å². The molecule has 0 atom stereocenters.